The first-order valence-corrected chi connectivity index (χ1v) is 8.80. The van der Waals surface area contributed by atoms with E-state index in [0.717, 1.165) is 0 Å². The number of sulfonamides is 1. The Labute approximate surface area is 135 Å². The Morgan fingerprint density at radius 2 is 1.86 bits per heavy atom. The van der Waals surface area contributed by atoms with E-state index < -0.39 is 16.0 Å². The number of halogens is 1. The molecule has 1 saturated heterocycles. The number of piperidine rings is 1. The van der Waals surface area contributed by atoms with Crippen LogP contribution in [0.1, 0.15) is 12.8 Å². The minimum atomic E-state index is -3.51. The molecule has 0 radical (unpaired) electrons. The molecular formula is C14H19ClN2O4S. The smallest absolute Gasteiger partial charge is 0.317 e. The summed E-state index contributed by atoms with van der Waals surface area (Å²) in [5.74, 6) is -0.876. The number of carboxylic acid groups (broad SMARTS) is 1. The number of nitrogens with zero attached hydrogens (tertiary/aromatic N) is 2. The predicted molar refractivity (Wildman–Crippen MR) is 83.5 cm³/mol. The Kier molecular flexibility index (Phi) is 5.44. The molecule has 0 amide bonds. The molecule has 1 aliphatic rings. The van der Waals surface area contributed by atoms with Gasteiger partial charge in [0.2, 0.25) is 10.0 Å². The van der Waals surface area contributed by atoms with Crippen molar-refractivity contribution in [2.24, 2.45) is 0 Å². The van der Waals surface area contributed by atoms with Crippen LogP contribution in [0, 0.1) is 0 Å². The fourth-order valence-corrected chi connectivity index (χ4v) is 4.22. The molecule has 8 heteroatoms. The van der Waals surface area contributed by atoms with Crippen LogP contribution in [-0.2, 0) is 14.8 Å². The van der Waals surface area contributed by atoms with Crippen LogP contribution in [0.4, 0.5) is 0 Å². The standard InChI is InChI=1S/C14H19ClN2O4S/c1-16(10-14(18)19)12-6-8-17(9-7-12)22(20,21)13-4-2-11(15)3-5-13/h2-5,12H,6-10H2,1H3,(H,18,19). The maximum absolute atomic E-state index is 12.5. The summed E-state index contributed by atoms with van der Waals surface area (Å²) in [7, 11) is -1.76. The zero-order valence-electron chi connectivity index (χ0n) is 12.3. The molecule has 0 aliphatic carbocycles. The molecular weight excluding hydrogens is 328 g/mol. The number of benzene rings is 1. The second-order valence-electron chi connectivity index (χ2n) is 5.40. The van der Waals surface area contributed by atoms with E-state index in [1.54, 1.807) is 24.1 Å². The molecule has 1 fully saturated rings. The van der Waals surface area contributed by atoms with Crippen molar-refractivity contribution < 1.29 is 18.3 Å². The predicted octanol–water partition coefficient (Wildman–Crippen LogP) is 1.51. The highest BCUT2D eigenvalue weighted by molar-refractivity contribution is 7.89. The molecule has 2 rings (SSSR count). The van der Waals surface area contributed by atoms with Gasteiger partial charge in [-0.3, -0.25) is 9.69 Å². The van der Waals surface area contributed by atoms with Crippen molar-refractivity contribution in [3.05, 3.63) is 29.3 Å². The van der Waals surface area contributed by atoms with E-state index in [1.165, 1.54) is 16.4 Å². The van der Waals surface area contributed by atoms with Crippen molar-refractivity contribution in [3.8, 4) is 0 Å². The van der Waals surface area contributed by atoms with Crippen LogP contribution in [0.2, 0.25) is 5.02 Å². The molecule has 0 unspecified atom stereocenters. The van der Waals surface area contributed by atoms with Gasteiger partial charge in [0.1, 0.15) is 0 Å². The molecule has 0 saturated carbocycles. The van der Waals surface area contributed by atoms with Gasteiger partial charge in [-0.2, -0.15) is 4.31 Å². The SMILES string of the molecule is CN(CC(=O)O)C1CCN(S(=O)(=O)c2ccc(Cl)cc2)CC1. The zero-order valence-corrected chi connectivity index (χ0v) is 13.8. The molecule has 0 atom stereocenters. The number of hydrogen-bond acceptors (Lipinski definition) is 4. The largest absolute Gasteiger partial charge is 0.480 e. The lowest BCUT2D eigenvalue weighted by molar-refractivity contribution is -0.138. The van der Waals surface area contributed by atoms with E-state index in [2.05, 4.69) is 0 Å². The third-order valence-corrected chi connectivity index (χ3v) is 6.05. The maximum atomic E-state index is 12.5. The van der Waals surface area contributed by atoms with E-state index in [1.807, 2.05) is 0 Å². The molecule has 0 aromatic heterocycles. The highest BCUT2D eigenvalue weighted by atomic mass is 35.5. The average molecular weight is 347 g/mol. The van der Waals surface area contributed by atoms with Crippen molar-refractivity contribution >= 4 is 27.6 Å². The number of likely N-dealkylation sites (N-methyl/N-ethyl adjacent to an activating group) is 1. The summed E-state index contributed by atoms with van der Waals surface area (Å²) in [4.78, 5) is 12.7. The lowest BCUT2D eigenvalue weighted by Crippen LogP contribution is -2.46. The molecule has 1 aromatic rings. The molecule has 0 spiro atoms. The second-order valence-corrected chi connectivity index (χ2v) is 7.77. The summed E-state index contributed by atoms with van der Waals surface area (Å²) in [6.45, 7) is 0.744. The number of rotatable bonds is 5. The van der Waals surface area contributed by atoms with Gasteiger partial charge in [-0.05, 0) is 44.2 Å². The van der Waals surface area contributed by atoms with Gasteiger partial charge in [-0.1, -0.05) is 11.6 Å². The quantitative estimate of drug-likeness (QED) is 0.874. The topological polar surface area (TPSA) is 77.9 Å². The Morgan fingerprint density at radius 1 is 1.32 bits per heavy atom. The fraction of sp³-hybridized carbons (Fsp3) is 0.500. The van der Waals surface area contributed by atoms with Crippen molar-refractivity contribution in [3.63, 3.8) is 0 Å². The van der Waals surface area contributed by atoms with Crippen LogP contribution < -0.4 is 0 Å². The molecule has 1 aliphatic heterocycles. The molecule has 6 nitrogen and oxygen atoms in total. The lowest BCUT2D eigenvalue weighted by Gasteiger charge is -2.35. The van der Waals surface area contributed by atoms with Gasteiger partial charge >= 0.3 is 5.97 Å². The first-order chi connectivity index (χ1) is 10.3. The first kappa shape index (κ1) is 17.2. The average Bonchev–Trinajstić information content (AvgIpc) is 2.47. The summed E-state index contributed by atoms with van der Waals surface area (Å²) in [6, 6.07) is 6.21. The Balaban J connectivity index is 2.01. The second kappa shape index (κ2) is 6.95. The normalized spacial score (nSPS) is 17.8. The van der Waals surface area contributed by atoms with Gasteiger partial charge in [0.05, 0.1) is 11.4 Å². The fourth-order valence-electron chi connectivity index (χ4n) is 2.62. The van der Waals surface area contributed by atoms with Gasteiger partial charge in [0.25, 0.3) is 0 Å². The Bertz CT molecular complexity index is 625. The molecule has 122 valence electrons. The molecule has 1 aromatic carbocycles. The minimum Gasteiger partial charge on any atom is -0.480 e. The third-order valence-electron chi connectivity index (χ3n) is 3.88. The molecule has 0 bridgehead atoms. The van der Waals surface area contributed by atoms with Crippen LogP contribution in [0.3, 0.4) is 0 Å². The third kappa shape index (κ3) is 3.98. The van der Waals surface area contributed by atoms with Crippen molar-refractivity contribution in [1.82, 2.24) is 9.21 Å². The van der Waals surface area contributed by atoms with E-state index in [9.17, 15) is 13.2 Å². The molecule has 1 heterocycles. The number of carboxylic acids is 1. The van der Waals surface area contributed by atoms with Crippen LogP contribution in [-0.4, -0.2) is 61.4 Å². The van der Waals surface area contributed by atoms with Crippen LogP contribution in [0.25, 0.3) is 0 Å². The molecule has 1 N–H and O–H groups in total. The molecule has 22 heavy (non-hydrogen) atoms. The van der Waals surface area contributed by atoms with E-state index in [0.29, 0.717) is 31.0 Å². The van der Waals surface area contributed by atoms with Gasteiger partial charge in [0, 0.05) is 24.2 Å². The summed E-state index contributed by atoms with van der Waals surface area (Å²) < 4.78 is 26.5. The Hall–Kier alpha value is -1.15. The first-order valence-electron chi connectivity index (χ1n) is 6.98. The summed E-state index contributed by atoms with van der Waals surface area (Å²) in [6.07, 6.45) is 1.24. The minimum absolute atomic E-state index is 0.0331. The number of aliphatic carboxylic acids is 1. The van der Waals surface area contributed by atoms with Gasteiger partial charge in [-0.25, -0.2) is 8.42 Å². The van der Waals surface area contributed by atoms with Crippen molar-refractivity contribution in [1.29, 1.82) is 0 Å². The van der Waals surface area contributed by atoms with E-state index >= 15 is 0 Å². The maximum Gasteiger partial charge on any atom is 0.317 e. The summed E-state index contributed by atoms with van der Waals surface area (Å²) in [5, 5.41) is 9.30. The van der Waals surface area contributed by atoms with Crippen LogP contribution in [0.5, 0.6) is 0 Å². The van der Waals surface area contributed by atoms with E-state index in [4.69, 9.17) is 16.7 Å². The highest BCUT2D eigenvalue weighted by Crippen LogP contribution is 2.23. The summed E-state index contributed by atoms with van der Waals surface area (Å²) >= 11 is 5.78. The summed E-state index contributed by atoms with van der Waals surface area (Å²) in [5.41, 5.74) is 0. The monoisotopic (exact) mass is 346 g/mol. The number of hydrogen-bond donors (Lipinski definition) is 1. The van der Waals surface area contributed by atoms with Gasteiger partial charge in [-0.15, -0.1) is 0 Å². The number of carbonyl (C=O) groups is 1. The van der Waals surface area contributed by atoms with Crippen molar-refractivity contribution in [2.45, 2.75) is 23.8 Å². The van der Waals surface area contributed by atoms with Gasteiger partial charge in [0.15, 0.2) is 0 Å². The zero-order chi connectivity index (χ0) is 16.3. The Morgan fingerprint density at radius 3 is 2.36 bits per heavy atom. The van der Waals surface area contributed by atoms with Gasteiger partial charge < -0.3 is 5.11 Å². The van der Waals surface area contributed by atoms with Crippen LogP contribution in [0.15, 0.2) is 29.2 Å². The highest BCUT2D eigenvalue weighted by Gasteiger charge is 2.31. The van der Waals surface area contributed by atoms with E-state index in [-0.39, 0.29) is 17.5 Å². The lowest BCUT2D eigenvalue weighted by atomic mass is 10.1. The van der Waals surface area contributed by atoms with Crippen molar-refractivity contribution in [2.75, 3.05) is 26.7 Å². The van der Waals surface area contributed by atoms with Crippen LogP contribution >= 0.6 is 11.6 Å².